The molecular weight excluding hydrogens is 336 g/mol. The van der Waals surface area contributed by atoms with Crippen LogP contribution in [0.25, 0.3) is 0 Å². The highest BCUT2D eigenvalue weighted by atomic mass is 32.2. The third-order valence-corrected chi connectivity index (χ3v) is 7.28. The lowest BCUT2D eigenvalue weighted by Crippen LogP contribution is -2.52. The van der Waals surface area contributed by atoms with Gasteiger partial charge in [0.2, 0.25) is 15.9 Å². The van der Waals surface area contributed by atoms with Gasteiger partial charge in [-0.2, -0.15) is 4.31 Å². The fourth-order valence-corrected chi connectivity index (χ4v) is 4.76. The lowest BCUT2D eigenvalue weighted by Gasteiger charge is -2.37. The monoisotopic (exact) mass is 364 g/mol. The molecule has 2 aliphatic rings. The average Bonchev–Trinajstić information content (AvgIpc) is 2.52. The third-order valence-electron chi connectivity index (χ3n) is 5.36. The summed E-state index contributed by atoms with van der Waals surface area (Å²) >= 11 is 0. The van der Waals surface area contributed by atoms with Crippen LogP contribution in [-0.2, 0) is 20.2 Å². The van der Waals surface area contributed by atoms with Crippen LogP contribution in [0.1, 0.15) is 45.6 Å². The van der Waals surface area contributed by atoms with Crippen LogP contribution in [0.5, 0.6) is 0 Å². The number of rotatable bonds is 3. The normalized spacial score (nSPS) is 20.4. The lowest BCUT2D eigenvalue weighted by molar-refractivity contribution is -0.139. The summed E-state index contributed by atoms with van der Waals surface area (Å²) in [4.78, 5) is 14.5. The maximum atomic E-state index is 12.8. The van der Waals surface area contributed by atoms with Crippen molar-refractivity contribution in [1.29, 1.82) is 0 Å². The van der Waals surface area contributed by atoms with E-state index < -0.39 is 10.0 Å². The highest BCUT2D eigenvalue weighted by Gasteiger charge is 2.34. The molecule has 6 heteroatoms. The predicted molar refractivity (Wildman–Crippen MR) is 97.8 cm³/mol. The Hall–Kier alpha value is -1.40. The molecule has 2 fully saturated rings. The average molecular weight is 365 g/mol. The number of carbonyl (C=O) groups excluding carboxylic acids is 1. The van der Waals surface area contributed by atoms with Gasteiger partial charge in [-0.25, -0.2) is 8.42 Å². The highest BCUT2D eigenvalue weighted by molar-refractivity contribution is 7.89. The van der Waals surface area contributed by atoms with Crippen LogP contribution in [-0.4, -0.2) is 49.7 Å². The summed E-state index contributed by atoms with van der Waals surface area (Å²) in [7, 11) is -3.49. The second-order valence-corrected chi connectivity index (χ2v) is 10.1. The molecular formula is C19H28N2O3S. The first kappa shape index (κ1) is 18.4. The minimum absolute atomic E-state index is 0.00416. The molecule has 1 aliphatic heterocycles. The van der Waals surface area contributed by atoms with Crippen molar-refractivity contribution in [3.05, 3.63) is 29.8 Å². The van der Waals surface area contributed by atoms with Gasteiger partial charge in [0.05, 0.1) is 4.90 Å². The number of carbonyl (C=O) groups is 1. The largest absolute Gasteiger partial charge is 0.340 e. The number of piperazine rings is 1. The highest BCUT2D eigenvalue weighted by Crippen LogP contribution is 2.29. The molecule has 0 spiro atoms. The molecule has 1 aromatic carbocycles. The van der Waals surface area contributed by atoms with Gasteiger partial charge in [-0.3, -0.25) is 4.79 Å². The molecule has 5 nitrogen and oxygen atoms in total. The van der Waals surface area contributed by atoms with E-state index in [1.807, 2.05) is 17.0 Å². The van der Waals surface area contributed by atoms with Gasteiger partial charge in [-0.1, -0.05) is 39.3 Å². The SMILES string of the molecule is CC(C)(C)c1ccc(S(=O)(=O)N2CCN(C(=O)C3CCC3)CC2)cc1. The van der Waals surface area contributed by atoms with E-state index in [2.05, 4.69) is 20.8 Å². The lowest BCUT2D eigenvalue weighted by atomic mass is 9.84. The third kappa shape index (κ3) is 3.75. The molecule has 1 saturated carbocycles. The summed E-state index contributed by atoms with van der Waals surface area (Å²) in [5.74, 6) is 0.380. The van der Waals surface area contributed by atoms with Crippen molar-refractivity contribution in [2.45, 2.75) is 50.3 Å². The Labute approximate surface area is 151 Å². The first-order valence-electron chi connectivity index (χ1n) is 9.09. The molecule has 3 rings (SSSR count). The molecule has 25 heavy (non-hydrogen) atoms. The maximum Gasteiger partial charge on any atom is 0.243 e. The Morgan fingerprint density at radius 1 is 1.00 bits per heavy atom. The van der Waals surface area contributed by atoms with Crippen molar-refractivity contribution in [2.24, 2.45) is 5.92 Å². The number of hydrogen-bond donors (Lipinski definition) is 0. The molecule has 1 aromatic rings. The van der Waals surface area contributed by atoms with Crippen LogP contribution in [0.3, 0.4) is 0 Å². The minimum Gasteiger partial charge on any atom is -0.340 e. The molecule has 0 aromatic heterocycles. The van der Waals surface area contributed by atoms with E-state index >= 15 is 0 Å². The summed E-state index contributed by atoms with van der Waals surface area (Å²) < 4.78 is 27.2. The van der Waals surface area contributed by atoms with Crippen molar-refractivity contribution in [1.82, 2.24) is 9.21 Å². The number of sulfonamides is 1. The Morgan fingerprint density at radius 3 is 2.00 bits per heavy atom. The fraction of sp³-hybridized carbons (Fsp3) is 0.632. The molecule has 1 amide bonds. The summed E-state index contributed by atoms with van der Waals surface area (Å²) in [5, 5.41) is 0. The Balaban J connectivity index is 1.66. The zero-order chi connectivity index (χ0) is 18.2. The van der Waals surface area contributed by atoms with E-state index in [-0.39, 0.29) is 17.2 Å². The van der Waals surface area contributed by atoms with Gasteiger partial charge in [0.25, 0.3) is 0 Å². The van der Waals surface area contributed by atoms with Gasteiger partial charge in [0, 0.05) is 32.1 Å². The van der Waals surface area contributed by atoms with Gasteiger partial charge in [0.1, 0.15) is 0 Å². The second-order valence-electron chi connectivity index (χ2n) is 8.13. The topological polar surface area (TPSA) is 57.7 Å². The maximum absolute atomic E-state index is 12.8. The van der Waals surface area contributed by atoms with Crippen molar-refractivity contribution in [3.63, 3.8) is 0 Å². The fourth-order valence-electron chi connectivity index (χ4n) is 3.34. The van der Waals surface area contributed by atoms with Crippen LogP contribution in [0.4, 0.5) is 0 Å². The number of benzene rings is 1. The van der Waals surface area contributed by atoms with Gasteiger partial charge in [0.15, 0.2) is 0 Å². The van der Waals surface area contributed by atoms with Crippen molar-refractivity contribution >= 4 is 15.9 Å². The van der Waals surface area contributed by atoms with E-state index in [1.54, 1.807) is 12.1 Å². The predicted octanol–water partition coefficient (Wildman–Crippen LogP) is 2.62. The van der Waals surface area contributed by atoms with E-state index in [1.165, 1.54) is 4.31 Å². The molecule has 0 unspecified atom stereocenters. The summed E-state index contributed by atoms with van der Waals surface area (Å²) in [6.45, 7) is 8.06. The summed E-state index contributed by atoms with van der Waals surface area (Å²) in [5.41, 5.74) is 1.11. The molecule has 0 bridgehead atoms. The van der Waals surface area contributed by atoms with Crippen LogP contribution >= 0.6 is 0 Å². The standard InChI is InChI=1S/C19H28N2O3S/c1-19(2,3)16-7-9-17(10-8-16)25(23,24)21-13-11-20(12-14-21)18(22)15-5-4-6-15/h7-10,15H,4-6,11-14H2,1-3H3. The zero-order valence-electron chi connectivity index (χ0n) is 15.4. The summed E-state index contributed by atoms with van der Waals surface area (Å²) in [6.07, 6.45) is 3.10. The molecule has 0 N–H and O–H groups in total. The van der Waals surface area contributed by atoms with E-state index in [0.29, 0.717) is 31.1 Å². The van der Waals surface area contributed by atoms with Crippen LogP contribution in [0.2, 0.25) is 0 Å². The Bertz CT molecular complexity index is 723. The smallest absolute Gasteiger partial charge is 0.243 e. The van der Waals surface area contributed by atoms with Crippen molar-refractivity contribution < 1.29 is 13.2 Å². The Kier molecular flexibility index (Phi) is 4.95. The van der Waals surface area contributed by atoms with E-state index in [0.717, 1.165) is 24.8 Å². The molecule has 0 radical (unpaired) electrons. The zero-order valence-corrected chi connectivity index (χ0v) is 16.2. The van der Waals surface area contributed by atoms with E-state index in [4.69, 9.17) is 0 Å². The van der Waals surface area contributed by atoms with Crippen molar-refractivity contribution in [2.75, 3.05) is 26.2 Å². The quantitative estimate of drug-likeness (QED) is 0.828. The molecule has 138 valence electrons. The van der Waals surface area contributed by atoms with Gasteiger partial charge in [-0.05, 0) is 36.0 Å². The number of hydrogen-bond acceptors (Lipinski definition) is 3. The first-order chi connectivity index (χ1) is 11.7. The Morgan fingerprint density at radius 2 is 1.56 bits per heavy atom. The van der Waals surface area contributed by atoms with Crippen molar-refractivity contribution in [3.8, 4) is 0 Å². The van der Waals surface area contributed by atoms with Crippen LogP contribution in [0.15, 0.2) is 29.2 Å². The summed E-state index contributed by atoms with van der Waals surface area (Å²) in [6, 6.07) is 7.18. The van der Waals surface area contributed by atoms with Crippen LogP contribution < -0.4 is 0 Å². The molecule has 0 atom stereocenters. The minimum atomic E-state index is -3.49. The van der Waals surface area contributed by atoms with Crippen LogP contribution in [0, 0.1) is 5.92 Å². The van der Waals surface area contributed by atoms with E-state index in [9.17, 15) is 13.2 Å². The number of amides is 1. The molecule has 1 aliphatic carbocycles. The van der Waals surface area contributed by atoms with Gasteiger partial charge in [-0.15, -0.1) is 0 Å². The van der Waals surface area contributed by atoms with Gasteiger partial charge < -0.3 is 4.90 Å². The molecule has 1 heterocycles. The van der Waals surface area contributed by atoms with Gasteiger partial charge >= 0.3 is 0 Å². The first-order valence-corrected chi connectivity index (χ1v) is 10.5. The molecule has 1 saturated heterocycles. The second kappa shape index (κ2) is 6.72. The number of nitrogens with zero attached hydrogens (tertiary/aromatic N) is 2.